The molecule has 1 unspecified atom stereocenters. The van der Waals surface area contributed by atoms with Crippen LogP contribution < -0.4 is 15.8 Å². The van der Waals surface area contributed by atoms with Crippen molar-refractivity contribution in [2.45, 2.75) is 25.3 Å². The van der Waals surface area contributed by atoms with Gasteiger partial charge in [0.15, 0.2) is 0 Å². The third-order valence-electron chi connectivity index (χ3n) is 3.10. The van der Waals surface area contributed by atoms with Gasteiger partial charge in [0, 0.05) is 23.0 Å². The Hall–Kier alpha value is -1.07. The lowest BCUT2D eigenvalue weighted by molar-refractivity contribution is -0.116. The summed E-state index contributed by atoms with van der Waals surface area (Å²) in [6, 6.07) is 5.43. The minimum atomic E-state index is -0.0525. The fraction of sp³-hybridized carbons (Fsp3) is 0.462. The normalized spacial score (nSPS) is 16.2. The third kappa shape index (κ3) is 3.46. The predicted molar refractivity (Wildman–Crippen MR) is 74.6 cm³/mol. The van der Waals surface area contributed by atoms with Gasteiger partial charge < -0.3 is 15.8 Å². The number of nitrogens with two attached hydrogens (primary N) is 1. The SMILES string of the molecule is COc1ccc(Br)c(NC(=O)CC(N)C2CC2)c1. The lowest BCUT2D eigenvalue weighted by atomic mass is 10.1. The zero-order valence-corrected chi connectivity index (χ0v) is 11.9. The van der Waals surface area contributed by atoms with Crippen LogP contribution in [0, 0.1) is 5.92 Å². The highest BCUT2D eigenvalue weighted by molar-refractivity contribution is 9.10. The number of hydrogen-bond acceptors (Lipinski definition) is 3. The van der Waals surface area contributed by atoms with Crippen LogP contribution in [0.15, 0.2) is 22.7 Å². The monoisotopic (exact) mass is 312 g/mol. The van der Waals surface area contributed by atoms with Gasteiger partial charge in [-0.05, 0) is 46.8 Å². The van der Waals surface area contributed by atoms with Crippen molar-refractivity contribution in [3.8, 4) is 5.75 Å². The molecule has 1 aromatic rings. The summed E-state index contributed by atoms with van der Waals surface area (Å²) in [5.74, 6) is 1.19. The lowest BCUT2D eigenvalue weighted by Gasteiger charge is -2.12. The molecule has 1 fully saturated rings. The molecule has 5 heteroatoms. The second-order valence-corrected chi connectivity index (χ2v) is 5.45. The Kier molecular flexibility index (Phi) is 4.24. The minimum absolute atomic E-state index is 0.0191. The molecule has 18 heavy (non-hydrogen) atoms. The number of carbonyl (C=O) groups excluding carboxylic acids is 1. The Morgan fingerprint density at radius 3 is 2.94 bits per heavy atom. The Morgan fingerprint density at radius 2 is 2.33 bits per heavy atom. The highest BCUT2D eigenvalue weighted by Crippen LogP contribution is 2.33. The molecule has 1 saturated carbocycles. The molecule has 1 aliphatic carbocycles. The van der Waals surface area contributed by atoms with E-state index in [0.717, 1.165) is 17.3 Å². The van der Waals surface area contributed by atoms with Gasteiger partial charge in [0.2, 0.25) is 5.91 Å². The third-order valence-corrected chi connectivity index (χ3v) is 3.79. The average Bonchev–Trinajstić information content (AvgIpc) is 3.15. The highest BCUT2D eigenvalue weighted by atomic mass is 79.9. The van der Waals surface area contributed by atoms with Crippen molar-refractivity contribution in [2.75, 3.05) is 12.4 Å². The minimum Gasteiger partial charge on any atom is -0.497 e. The number of nitrogens with one attached hydrogen (secondary N) is 1. The standard InChI is InChI=1S/C13H17BrN2O2/c1-18-9-4-5-10(14)12(6-9)16-13(17)7-11(15)8-2-3-8/h4-6,8,11H,2-3,7,15H2,1H3,(H,16,17). The van der Waals surface area contributed by atoms with E-state index in [0.29, 0.717) is 23.8 Å². The molecule has 0 heterocycles. The molecule has 1 atom stereocenters. The molecular formula is C13H17BrN2O2. The molecule has 0 aromatic heterocycles. The lowest BCUT2D eigenvalue weighted by Crippen LogP contribution is -2.28. The Labute approximate surface area is 115 Å². The summed E-state index contributed by atoms with van der Waals surface area (Å²) in [6.07, 6.45) is 2.67. The Balaban J connectivity index is 1.96. The zero-order chi connectivity index (χ0) is 13.1. The van der Waals surface area contributed by atoms with E-state index in [-0.39, 0.29) is 11.9 Å². The summed E-state index contributed by atoms with van der Waals surface area (Å²) in [6.45, 7) is 0. The van der Waals surface area contributed by atoms with Gasteiger partial charge in [0.05, 0.1) is 12.8 Å². The van der Waals surface area contributed by atoms with Crippen molar-refractivity contribution in [2.24, 2.45) is 11.7 Å². The smallest absolute Gasteiger partial charge is 0.225 e. The van der Waals surface area contributed by atoms with Crippen molar-refractivity contribution in [3.05, 3.63) is 22.7 Å². The van der Waals surface area contributed by atoms with Crippen LogP contribution >= 0.6 is 15.9 Å². The fourth-order valence-electron chi connectivity index (χ4n) is 1.83. The van der Waals surface area contributed by atoms with Crippen LogP contribution in [0.5, 0.6) is 5.75 Å². The number of halogens is 1. The number of benzene rings is 1. The van der Waals surface area contributed by atoms with Gasteiger partial charge in [-0.2, -0.15) is 0 Å². The van der Waals surface area contributed by atoms with Crippen LogP contribution in [0.25, 0.3) is 0 Å². The maximum atomic E-state index is 11.9. The van der Waals surface area contributed by atoms with E-state index in [2.05, 4.69) is 21.2 Å². The highest BCUT2D eigenvalue weighted by Gasteiger charge is 2.29. The van der Waals surface area contributed by atoms with Crippen LogP contribution in [-0.4, -0.2) is 19.1 Å². The number of rotatable bonds is 5. The van der Waals surface area contributed by atoms with E-state index < -0.39 is 0 Å². The molecule has 98 valence electrons. The Morgan fingerprint density at radius 1 is 1.61 bits per heavy atom. The van der Waals surface area contributed by atoms with E-state index in [1.807, 2.05) is 12.1 Å². The Bertz CT molecular complexity index is 447. The van der Waals surface area contributed by atoms with Crippen LogP contribution in [0.2, 0.25) is 0 Å². The largest absolute Gasteiger partial charge is 0.497 e. The molecule has 1 aromatic carbocycles. The quantitative estimate of drug-likeness (QED) is 0.878. The van der Waals surface area contributed by atoms with Crippen molar-refractivity contribution < 1.29 is 9.53 Å². The molecule has 3 N–H and O–H groups in total. The average molecular weight is 313 g/mol. The van der Waals surface area contributed by atoms with Crippen LogP contribution in [0.1, 0.15) is 19.3 Å². The molecular weight excluding hydrogens is 296 g/mol. The van der Waals surface area contributed by atoms with E-state index >= 15 is 0 Å². The summed E-state index contributed by atoms with van der Waals surface area (Å²) in [7, 11) is 1.60. The van der Waals surface area contributed by atoms with Gasteiger partial charge in [0.1, 0.15) is 5.75 Å². The first-order chi connectivity index (χ1) is 8.60. The first kappa shape index (κ1) is 13.4. The van der Waals surface area contributed by atoms with E-state index in [1.54, 1.807) is 13.2 Å². The van der Waals surface area contributed by atoms with Crippen LogP contribution in [-0.2, 0) is 4.79 Å². The molecule has 4 nitrogen and oxygen atoms in total. The van der Waals surface area contributed by atoms with Gasteiger partial charge in [-0.3, -0.25) is 4.79 Å². The predicted octanol–water partition coefficient (Wildman–Crippen LogP) is 2.52. The van der Waals surface area contributed by atoms with E-state index in [4.69, 9.17) is 10.5 Å². The number of methoxy groups -OCH3 is 1. The number of anilines is 1. The van der Waals surface area contributed by atoms with Crippen LogP contribution in [0.3, 0.4) is 0 Å². The van der Waals surface area contributed by atoms with E-state index in [9.17, 15) is 4.79 Å². The molecule has 2 rings (SSSR count). The first-order valence-corrected chi connectivity index (χ1v) is 6.78. The summed E-state index contributed by atoms with van der Waals surface area (Å²) < 4.78 is 5.95. The number of hydrogen-bond donors (Lipinski definition) is 2. The van der Waals surface area contributed by atoms with Gasteiger partial charge in [-0.1, -0.05) is 0 Å². The molecule has 0 spiro atoms. The number of ether oxygens (including phenoxy) is 1. The molecule has 0 radical (unpaired) electrons. The van der Waals surface area contributed by atoms with Gasteiger partial charge in [0.25, 0.3) is 0 Å². The fourth-order valence-corrected chi connectivity index (χ4v) is 2.18. The summed E-state index contributed by atoms with van der Waals surface area (Å²) in [5.41, 5.74) is 6.64. The molecule has 1 aliphatic rings. The van der Waals surface area contributed by atoms with Crippen molar-refractivity contribution in [3.63, 3.8) is 0 Å². The summed E-state index contributed by atoms with van der Waals surface area (Å²) in [4.78, 5) is 11.9. The topological polar surface area (TPSA) is 64.3 Å². The van der Waals surface area contributed by atoms with Gasteiger partial charge in [-0.25, -0.2) is 0 Å². The summed E-state index contributed by atoms with van der Waals surface area (Å²) >= 11 is 3.39. The molecule has 0 aliphatic heterocycles. The van der Waals surface area contributed by atoms with Gasteiger partial charge >= 0.3 is 0 Å². The van der Waals surface area contributed by atoms with Crippen molar-refractivity contribution in [1.82, 2.24) is 0 Å². The van der Waals surface area contributed by atoms with Crippen LogP contribution in [0.4, 0.5) is 5.69 Å². The number of carbonyl (C=O) groups is 1. The zero-order valence-electron chi connectivity index (χ0n) is 10.3. The maximum absolute atomic E-state index is 11.9. The molecule has 1 amide bonds. The van der Waals surface area contributed by atoms with Crippen molar-refractivity contribution >= 4 is 27.5 Å². The van der Waals surface area contributed by atoms with E-state index in [1.165, 1.54) is 0 Å². The second-order valence-electron chi connectivity index (χ2n) is 4.60. The molecule has 0 saturated heterocycles. The number of amides is 1. The second kappa shape index (κ2) is 5.71. The first-order valence-electron chi connectivity index (χ1n) is 5.99. The van der Waals surface area contributed by atoms with Gasteiger partial charge in [-0.15, -0.1) is 0 Å². The van der Waals surface area contributed by atoms with Crippen molar-refractivity contribution in [1.29, 1.82) is 0 Å². The summed E-state index contributed by atoms with van der Waals surface area (Å²) in [5, 5.41) is 2.85. The maximum Gasteiger partial charge on any atom is 0.225 e. The molecule has 0 bridgehead atoms.